The number of likely N-dealkylation sites (tertiary alicyclic amines) is 1. The van der Waals surface area contributed by atoms with E-state index in [4.69, 9.17) is 4.74 Å². The van der Waals surface area contributed by atoms with Gasteiger partial charge in [-0.25, -0.2) is 4.79 Å². The van der Waals surface area contributed by atoms with Gasteiger partial charge >= 0.3 is 6.09 Å². The van der Waals surface area contributed by atoms with Crippen molar-refractivity contribution in [1.29, 1.82) is 0 Å². The standard InChI is InChI=1S/C15H31N3O2/c1-12(17-14(19)20-15(2,3)4)9-16-10-13-7-6-8-18(5)11-13/h12-13,16H,6-11H2,1-5H3,(H,17,19). The van der Waals surface area contributed by atoms with Crippen LogP contribution in [0.15, 0.2) is 0 Å². The molecule has 1 heterocycles. The van der Waals surface area contributed by atoms with Crippen molar-refractivity contribution in [3.05, 3.63) is 0 Å². The van der Waals surface area contributed by atoms with E-state index in [1.807, 2.05) is 27.7 Å². The molecular formula is C15H31N3O2. The van der Waals surface area contributed by atoms with Crippen LogP contribution < -0.4 is 10.6 Å². The smallest absolute Gasteiger partial charge is 0.407 e. The third-order valence-corrected chi connectivity index (χ3v) is 3.37. The number of piperidine rings is 1. The Morgan fingerprint density at radius 2 is 2.15 bits per heavy atom. The van der Waals surface area contributed by atoms with E-state index in [0.29, 0.717) is 0 Å². The zero-order valence-corrected chi connectivity index (χ0v) is 13.7. The Morgan fingerprint density at radius 3 is 2.75 bits per heavy atom. The molecule has 0 aliphatic carbocycles. The van der Waals surface area contributed by atoms with Gasteiger partial charge in [0.15, 0.2) is 0 Å². The molecule has 5 nitrogen and oxygen atoms in total. The minimum atomic E-state index is -0.441. The predicted molar refractivity (Wildman–Crippen MR) is 81.9 cm³/mol. The van der Waals surface area contributed by atoms with E-state index in [1.165, 1.54) is 25.9 Å². The Balaban J connectivity index is 2.13. The maximum absolute atomic E-state index is 11.6. The number of nitrogens with zero attached hydrogens (tertiary/aromatic N) is 1. The van der Waals surface area contributed by atoms with Crippen LogP contribution in [0.5, 0.6) is 0 Å². The molecule has 1 fully saturated rings. The maximum Gasteiger partial charge on any atom is 0.407 e. The molecule has 118 valence electrons. The summed E-state index contributed by atoms with van der Waals surface area (Å²) >= 11 is 0. The highest BCUT2D eigenvalue weighted by Gasteiger charge is 2.19. The molecule has 5 heteroatoms. The van der Waals surface area contributed by atoms with Crippen LogP contribution in [-0.4, -0.2) is 55.9 Å². The molecule has 1 amide bonds. The SMILES string of the molecule is CC(CNCC1CCCN(C)C1)NC(=O)OC(C)(C)C. The summed E-state index contributed by atoms with van der Waals surface area (Å²) in [6.07, 6.45) is 2.24. The minimum Gasteiger partial charge on any atom is -0.444 e. The van der Waals surface area contributed by atoms with Gasteiger partial charge in [-0.1, -0.05) is 0 Å². The minimum absolute atomic E-state index is 0.0752. The first kappa shape index (κ1) is 17.2. The van der Waals surface area contributed by atoms with Crippen LogP contribution in [0, 0.1) is 5.92 Å². The fourth-order valence-corrected chi connectivity index (χ4v) is 2.50. The monoisotopic (exact) mass is 285 g/mol. The molecule has 0 radical (unpaired) electrons. The average molecular weight is 285 g/mol. The second kappa shape index (κ2) is 7.84. The van der Waals surface area contributed by atoms with Crippen LogP contribution in [0.25, 0.3) is 0 Å². The first-order valence-corrected chi connectivity index (χ1v) is 7.65. The average Bonchev–Trinajstić information content (AvgIpc) is 2.25. The highest BCUT2D eigenvalue weighted by Crippen LogP contribution is 2.13. The lowest BCUT2D eigenvalue weighted by molar-refractivity contribution is 0.0508. The van der Waals surface area contributed by atoms with Gasteiger partial charge in [-0.2, -0.15) is 0 Å². The summed E-state index contributed by atoms with van der Waals surface area (Å²) < 4.78 is 5.23. The molecule has 0 aromatic carbocycles. The van der Waals surface area contributed by atoms with Crippen LogP contribution >= 0.6 is 0 Å². The molecule has 2 atom stereocenters. The Labute approximate surface area is 123 Å². The van der Waals surface area contributed by atoms with Gasteiger partial charge in [-0.05, 0) is 66.6 Å². The largest absolute Gasteiger partial charge is 0.444 e. The van der Waals surface area contributed by atoms with Crippen LogP contribution in [-0.2, 0) is 4.74 Å². The summed E-state index contributed by atoms with van der Waals surface area (Å²) in [6, 6.07) is 0.0752. The Bertz CT molecular complexity index is 302. The molecular weight excluding hydrogens is 254 g/mol. The van der Waals surface area contributed by atoms with Gasteiger partial charge in [0, 0.05) is 19.1 Å². The van der Waals surface area contributed by atoms with Gasteiger partial charge in [-0.15, -0.1) is 0 Å². The summed E-state index contributed by atoms with van der Waals surface area (Å²) in [5.41, 5.74) is -0.441. The second-order valence-corrected chi connectivity index (χ2v) is 6.98. The fraction of sp³-hybridized carbons (Fsp3) is 0.933. The van der Waals surface area contributed by atoms with E-state index in [0.717, 1.165) is 19.0 Å². The summed E-state index contributed by atoms with van der Waals surface area (Å²) in [5, 5.41) is 6.30. The number of rotatable bonds is 5. The van der Waals surface area contributed by atoms with E-state index in [9.17, 15) is 4.79 Å². The van der Waals surface area contributed by atoms with Crippen molar-refractivity contribution >= 4 is 6.09 Å². The van der Waals surface area contributed by atoms with Gasteiger partial charge in [0.05, 0.1) is 0 Å². The summed E-state index contributed by atoms with van der Waals surface area (Å²) in [7, 11) is 2.18. The first-order chi connectivity index (χ1) is 9.26. The number of ether oxygens (including phenoxy) is 1. The summed E-state index contributed by atoms with van der Waals surface area (Å²) in [4.78, 5) is 14.0. The lowest BCUT2D eigenvalue weighted by Crippen LogP contribution is -2.44. The lowest BCUT2D eigenvalue weighted by atomic mass is 9.98. The summed E-state index contributed by atoms with van der Waals surface area (Å²) in [6.45, 7) is 11.8. The highest BCUT2D eigenvalue weighted by molar-refractivity contribution is 5.68. The van der Waals surface area contributed by atoms with Gasteiger partial charge in [0.2, 0.25) is 0 Å². The predicted octanol–water partition coefficient (Wildman–Crippen LogP) is 1.83. The molecule has 1 aliphatic heterocycles. The number of carbonyl (C=O) groups is 1. The van der Waals surface area contributed by atoms with Gasteiger partial charge < -0.3 is 20.3 Å². The molecule has 1 aliphatic rings. The highest BCUT2D eigenvalue weighted by atomic mass is 16.6. The number of carbonyl (C=O) groups excluding carboxylic acids is 1. The van der Waals surface area contributed by atoms with E-state index in [2.05, 4.69) is 22.6 Å². The Hall–Kier alpha value is -0.810. The summed E-state index contributed by atoms with van der Waals surface area (Å²) in [5.74, 6) is 0.725. The van der Waals surface area contributed by atoms with Gasteiger partial charge in [-0.3, -0.25) is 0 Å². The molecule has 0 aromatic heterocycles. The van der Waals surface area contributed by atoms with Crippen molar-refractivity contribution in [1.82, 2.24) is 15.5 Å². The Kier molecular flexibility index (Phi) is 6.76. The van der Waals surface area contributed by atoms with Crippen LogP contribution in [0.1, 0.15) is 40.5 Å². The molecule has 0 spiro atoms. The molecule has 2 unspecified atom stereocenters. The van der Waals surface area contributed by atoms with E-state index < -0.39 is 5.60 Å². The number of alkyl carbamates (subject to hydrolysis) is 1. The normalized spacial score (nSPS) is 22.4. The fourth-order valence-electron chi connectivity index (χ4n) is 2.50. The molecule has 0 bridgehead atoms. The number of hydrogen-bond acceptors (Lipinski definition) is 4. The third kappa shape index (κ3) is 7.70. The van der Waals surface area contributed by atoms with Crippen molar-refractivity contribution < 1.29 is 9.53 Å². The van der Waals surface area contributed by atoms with E-state index >= 15 is 0 Å². The molecule has 0 aromatic rings. The molecule has 1 rings (SSSR count). The number of nitrogens with one attached hydrogen (secondary N) is 2. The zero-order chi connectivity index (χ0) is 15.2. The van der Waals surface area contributed by atoms with Crippen molar-refractivity contribution in [2.24, 2.45) is 5.92 Å². The van der Waals surface area contributed by atoms with Gasteiger partial charge in [0.1, 0.15) is 5.60 Å². The van der Waals surface area contributed by atoms with Crippen molar-refractivity contribution in [2.45, 2.75) is 52.2 Å². The number of hydrogen-bond donors (Lipinski definition) is 2. The third-order valence-electron chi connectivity index (χ3n) is 3.37. The lowest BCUT2D eigenvalue weighted by Gasteiger charge is -2.30. The maximum atomic E-state index is 11.6. The van der Waals surface area contributed by atoms with Gasteiger partial charge in [0.25, 0.3) is 0 Å². The van der Waals surface area contributed by atoms with E-state index in [1.54, 1.807) is 0 Å². The van der Waals surface area contributed by atoms with Crippen molar-refractivity contribution in [3.8, 4) is 0 Å². The van der Waals surface area contributed by atoms with Crippen LogP contribution in [0.3, 0.4) is 0 Å². The molecule has 1 saturated heterocycles. The van der Waals surface area contributed by atoms with Crippen LogP contribution in [0.4, 0.5) is 4.79 Å². The second-order valence-electron chi connectivity index (χ2n) is 6.98. The van der Waals surface area contributed by atoms with E-state index in [-0.39, 0.29) is 12.1 Å². The zero-order valence-electron chi connectivity index (χ0n) is 13.7. The van der Waals surface area contributed by atoms with Crippen LogP contribution in [0.2, 0.25) is 0 Å². The quantitative estimate of drug-likeness (QED) is 0.809. The van der Waals surface area contributed by atoms with Crippen molar-refractivity contribution in [3.63, 3.8) is 0 Å². The topological polar surface area (TPSA) is 53.6 Å². The molecule has 20 heavy (non-hydrogen) atoms. The van der Waals surface area contributed by atoms with Crippen molar-refractivity contribution in [2.75, 3.05) is 33.2 Å². The molecule has 2 N–H and O–H groups in total. The molecule has 0 saturated carbocycles. The number of amides is 1. The first-order valence-electron chi connectivity index (χ1n) is 7.65. The Morgan fingerprint density at radius 1 is 1.45 bits per heavy atom.